The van der Waals surface area contributed by atoms with Crippen molar-refractivity contribution in [3.63, 3.8) is 0 Å². The normalized spacial score (nSPS) is 21.6. The monoisotopic (exact) mass is 341 g/mol. The molecule has 0 amide bonds. The summed E-state index contributed by atoms with van der Waals surface area (Å²) < 4.78 is 0.849. The first-order valence-electron chi connectivity index (χ1n) is 7.09. The van der Waals surface area contributed by atoms with Gasteiger partial charge in [-0.1, -0.05) is 13.8 Å². The lowest BCUT2D eigenvalue weighted by molar-refractivity contribution is 0.109. The Balaban J connectivity index is 2.33. The lowest BCUT2D eigenvalue weighted by atomic mass is 10.1. The fraction of sp³-hybridized carbons (Fsp3) is 0.714. The Hall–Kier alpha value is -0.720. The molecule has 2 N–H and O–H groups in total. The molecule has 20 heavy (non-hydrogen) atoms. The second-order valence-corrected chi connectivity index (χ2v) is 6.88. The first-order valence-corrected chi connectivity index (χ1v) is 7.88. The maximum atomic E-state index is 6.05. The van der Waals surface area contributed by atoms with Crippen molar-refractivity contribution >= 4 is 21.7 Å². The maximum Gasteiger partial charge on any atom is 0.149 e. The van der Waals surface area contributed by atoms with Gasteiger partial charge in [0.05, 0.1) is 16.2 Å². The molecule has 1 aromatic rings. The minimum absolute atomic E-state index is 0.218. The summed E-state index contributed by atoms with van der Waals surface area (Å²) >= 11 is 3.52. The van der Waals surface area contributed by atoms with Gasteiger partial charge in [-0.15, -0.1) is 0 Å². The number of nitrogens with zero attached hydrogens (tertiary/aromatic N) is 4. The van der Waals surface area contributed by atoms with Gasteiger partial charge in [0.2, 0.25) is 0 Å². The summed E-state index contributed by atoms with van der Waals surface area (Å²) in [5.41, 5.74) is 7.07. The van der Waals surface area contributed by atoms with Crippen molar-refractivity contribution in [1.82, 2.24) is 19.8 Å². The van der Waals surface area contributed by atoms with Crippen molar-refractivity contribution < 1.29 is 0 Å². The highest BCUT2D eigenvalue weighted by Crippen LogP contribution is 2.27. The number of likely N-dealkylation sites (N-methyl/N-ethyl adjacent to an activating group) is 2. The zero-order valence-corrected chi connectivity index (χ0v) is 14.3. The molecule has 2 heterocycles. The quantitative estimate of drug-likeness (QED) is 0.910. The van der Waals surface area contributed by atoms with Gasteiger partial charge in [0, 0.05) is 19.6 Å². The lowest BCUT2D eigenvalue weighted by Gasteiger charge is -2.36. The summed E-state index contributed by atoms with van der Waals surface area (Å²) in [6.07, 6.45) is 0.909. The molecule has 0 aliphatic carbocycles. The molecule has 0 bridgehead atoms. The molecule has 0 radical (unpaired) electrons. The van der Waals surface area contributed by atoms with Gasteiger partial charge in [-0.05, 0) is 42.4 Å². The van der Waals surface area contributed by atoms with Gasteiger partial charge in [-0.2, -0.15) is 0 Å². The van der Waals surface area contributed by atoms with Crippen LogP contribution in [-0.4, -0.2) is 53.5 Å². The van der Waals surface area contributed by atoms with E-state index in [4.69, 9.17) is 10.7 Å². The first kappa shape index (κ1) is 15.7. The minimum atomic E-state index is 0.218. The maximum absolute atomic E-state index is 6.05. The number of hydrogen-bond acceptors (Lipinski definition) is 5. The molecule has 1 atom stereocenters. The van der Waals surface area contributed by atoms with Crippen LogP contribution in [0.1, 0.15) is 31.4 Å². The third-order valence-electron chi connectivity index (χ3n) is 3.71. The second kappa shape index (κ2) is 6.37. The van der Waals surface area contributed by atoms with E-state index in [1.165, 1.54) is 0 Å². The molecule has 0 spiro atoms. The molecule has 0 aromatic carbocycles. The van der Waals surface area contributed by atoms with Crippen molar-refractivity contribution in [1.29, 1.82) is 0 Å². The van der Waals surface area contributed by atoms with E-state index in [0.717, 1.165) is 42.0 Å². The van der Waals surface area contributed by atoms with Gasteiger partial charge in [0.15, 0.2) is 0 Å². The molecule has 0 saturated carbocycles. The van der Waals surface area contributed by atoms with E-state index >= 15 is 0 Å². The van der Waals surface area contributed by atoms with Crippen LogP contribution < -0.4 is 5.73 Å². The van der Waals surface area contributed by atoms with Crippen LogP contribution in [0.25, 0.3) is 0 Å². The summed E-state index contributed by atoms with van der Waals surface area (Å²) in [7, 11) is 4.26. The van der Waals surface area contributed by atoms with E-state index in [1.807, 2.05) is 0 Å². The van der Waals surface area contributed by atoms with E-state index in [1.54, 1.807) is 0 Å². The van der Waals surface area contributed by atoms with Gasteiger partial charge in [-0.25, -0.2) is 9.97 Å². The Labute approximate surface area is 129 Å². The van der Waals surface area contributed by atoms with Crippen LogP contribution in [0.4, 0.5) is 5.82 Å². The molecule has 5 nitrogen and oxygen atoms in total. The molecule has 1 aromatic heterocycles. The van der Waals surface area contributed by atoms with Crippen LogP contribution >= 0.6 is 15.9 Å². The fourth-order valence-electron chi connectivity index (χ4n) is 2.49. The largest absolute Gasteiger partial charge is 0.383 e. The van der Waals surface area contributed by atoms with E-state index in [-0.39, 0.29) is 6.04 Å². The lowest BCUT2D eigenvalue weighted by Crippen LogP contribution is -2.45. The average Bonchev–Trinajstić information content (AvgIpc) is 2.37. The number of hydrogen-bond donors (Lipinski definition) is 1. The third kappa shape index (κ3) is 3.48. The topological polar surface area (TPSA) is 58.3 Å². The summed E-state index contributed by atoms with van der Waals surface area (Å²) in [5, 5.41) is 0. The molecule has 1 aliphatic heterocycles. The van der Waals surface area contributed by atoms with Gasteiger partial charge in [-0.3, -0.25) is 4.90 Å². The summed E-state index contributed by atoms with van der Waals surface area (Å²) in [6, 6.07) is 0.218. The van der Waals surface area contributed by atoms with Crippen molar-refractivity contribution in [3.05, 3.63) is 16.0 Å². The molecule has 2 rings (SSSR count). The van der Waals surface area contributed by atoms with Crippen LogP contribution in [-0.2, 0) is 6.42 Å². The Bertz CT molecular complexity index is 477. The zero-order valence-electron chi connectivity index (χ0n) is 12.7. The van der Waals surface area contributed by atoms with E-state index in [0.29, 0.717) is 11.7 Å². The average molecular weight is 342 g/mol. The van der Waals surface area contributed by atoms with E-state index < -0.39 is 0 Å². The van der Waals surface area contributed by atoms with Crippen LogP contribution in [0.15, 0.2) is 4.47 Å². The molecule has 1 saturated heterocycles. The molecular formula is C14H24BrN5. The van der Waals surface area contributed by atoms with E-state index in [2.05, 4.69) is 58.7 Å². The number of piperazine rings is 1. The molecule has 112 valence electrons. The van der Waals surface area contributed by atoms with Gasteiger partial charge in [0.25, 0.3) is 0 Å². The molecule has 6 heteroatoms. The minimum Gasteiger partial charge on any atom is -0.383 e. The van der Waals surface area contributed by atoms with Crippen LogP contribution in [0.2, 0.25) is 0 Å². The number of rotatable bonds is 3. The molecule has 1 unspecified atom stereocenters. The third-order valence-corrected chi connectivity index (χ3v) is 4.58. The second-order valence-electron chi connectivity index (χ2n) is 6.08. The summed E-state index contributed by atoms with van der Waals surface area (Å²) in [5.74, 6) is 1.93. The number of halogens is 1. The summed E-state index contributed by atoms with van der Waals surface area (Å²) in [6.45, 7) is 7.42. The highest BCUT2D eigenvalue weighted by molar-refractivity contribution is 9.10. The number of aromatic nitrogens is 2. The smallest absolute Gasteiger partial charge is 0.149 e. The van der Waals surface area contributed by atoms with Crippen LogP contribution in [0.5, 0.6) is 0 Å². The predicted molar refractivity (Wildman–Crippen MR) is 85.6 cm³/mol. The van der Waals surface area contributed by atoms with Gasteiger partial charge >= 0.3 is 0 Å². The highest BCUT2D eigenvalue weighted by Gasteiger charge is 2.27. The van der Waals surface area contributed by atoms with Gasteiger partial charge in [0.1, 0.15) is 11.6 Å². The van der Waals surface area contributed by atoms with Crippen molar-refractivity contribution in [2.24, 2.45) is 5.92 Å². The number of nitrogens with two attached hydrogens (primary N) is 1. The number of anilines is 1. The Morgan fingerprint density at radius 1 is 1.30 bits per heavy atom. The Morgan fingerprint density at radius 3 is 2.65 bits per heavy atom. The van der Waals surface area contributed by atoms with Gasteiger partial charge < -0.3 is 10.6 Å². The molecular weight excluding hydrogens is 318 g/mol. The molecule has 1 fully saturated rings. The Kier molecular flexibility index (Phi) is 4.99. The Morgan fingerprint density at radius 2 is 2.00 bits per heavy atom. The van der Waals surface area contributed by atoms with Crippen molar-refractivity contribution in [2.45, 2.75) is 26.3 Å². The van der Waals surface area contributed by atoms with Crippen molar-refractivity contribution in [2.75, 3.05) is 39.5 Å². The summed E-state index contributed by atoms with van der Waals surface area (Å²) in [4.78, 5) is 13.9. The first-order chi connectivity index (χ1) is 9.38. The predicted octanol–water partition coefficient (Wildman–Crippen LogP) is 1.94. The zero-order chi connectivity index (χ0) is 14.9. The SMILES string of the molecule is CC(C)Cc1nc(C2CN(C)CCN2C)nc(N)c1Br. The standard InChI is InChI=1S/C14H24BrN5/c1-9(2)7-10-12(15)13(16)18-14(17-10)11-8-19(3)5-6-20(11)4/h9,11H,5-8H2,1-4H3,(H2,16,17,18). The fourth-order valence-corrected chi connectivity index (χ4v) is 2.83. The highest BCUT2D eigenvalue weighted by atomic mass is 79.9. The molecule has 1 aliphatic rings. The van der Waals surface area contributed by atoms with Crippen LogP contribution in [0.3, 0.4) is 0 Å². The van der Waals surface area contributed by atoms with Crippen molar-refractivity contribution in [3.8, 4) is 0 Å². The van der Waals surface area contributed by atoms with Crippen LogP contribution in [0, 0.1) is 5.92 Å². The van der Waals surface area contributed by atoms with E-state index in [9.17, 15) is 0 Å². The number of nitrogen functional groups attached to an aromatic ring is 1.